The van der Waals surface area contributed by atoms with Crippen LogP contribution in [0, 0.1) is 5.92 Å². The van der Waals surface area contributed by atoms with Crippen LogP contribution in [-0.4, -0.2) is 24.5 Å². The number of pyridine rings is 1. The first-order valence-electron chi connectivity index (χ1n) is 4.91. The second kappa shape index (κ2) is 5.34. The predicted octanol–water partition coefficient (Wildman–Crippen LogP) is 1.48. The van der Waals surface area contributed by atoms with Crippen molar-refractivity contribution < 1.29 is 9.53 Å². The highest BCUT2D eigenvalue weighted by Crippen LogP contribution is 2.06. The molecule has 1 N–H and O–H groups in total. The average molecular weight is 208 g/mol. The fourth-order valence-electron chi connectivity index (χ4n) is 1.03. The lowest BCUT2D eigenvalue weighted by molar-refractivity contribution is 0.0948. The summed E-state index contributed by atoms with van der Waals surface area (Å²) < 4.78 is 4.90. The summed E-state index contributed by atoms with van der Waals surface area (Å²) in [5, 5.41) is 2.82. The Bertz CT molecular complexity index is 320. The molecule has 1 aromatic heterocycles. The molecule has 0 saturated heterocycles. The monoisotopic (exact) mass is 208 g/mol. The van der Waals surface area contributed by atoms with E-state index in [0.29, 0.717) is 23.9 Å². The van der Waals surface area contributed by atoms with Crippen LogP contribution in [0.25, 0.3) is 0 Å². The molecule has 1 heterocycles. The van der Waals surface area contributed by atoms with Crippen molar-refractivity contribution in [3.05, 3.63) is 23.9 Å². The third-order valence-corrected chi connectivity index (χ3v) is 1.88. The Labute approximate surface area is 89.7 Å². The van der Waals surface area contributed by atoms with Crippen LogP contribution in [0.3, 0.4) is 0 Å². The van der Waals surface area contributed by atoms with Crippen molar-refractivity contribution in [1.82, 2.24) is 10.3 Å². The zero-order valence-electron chi connectivity index (χ0n) is 9.28. The topological polar surface area (TPSA) is 51.2 Å². The second-order valence-corrected chi connectivity index (χ2v) is 3.69. The second-order valence-electron chi connectivity index (χ2n) is 3.69. The van der Waals surface area contributed by atoms with Crippen molar-refractivity contribution >= 4 is 5.91 Å². The molecule has 82 valence electrons. The minimum atomic E-state index is -0.0983. The van der Waals surface area contributed by atoms with Crippen molar-refractivity contribution in [1.29, 1.82) is 0 Å². The molecular formula is C11H16N2O2. The summed E-state index contributed by atoms with van der Waals surface area (Å²) in [6.45, 7) is 4.77. The van der Waals surface area contributed by atoms with Crippen LogP contribution < -0.4 is 10.1 Å². The number of ether oxygens (including phenoxy) is 1. The third-order valence-electron chi connectivity index (χ3n) is 1.88. The molecule has 0 unspecified atom stereocenters. The van der Waals surface area contributed by atoms with E-state index in [2.05, 4.69) is 10.3 Å². The van der Waals surface area contributed by atoms with Gasteiger partial charge in [0.25, 0.3) is 5.91 Å². The van der Waals surface area contributed by atoms with Crippen LogP contribution in [0.2, 0.25) is 0 Å². The molecule has 0 fully saturated rings. The molecule has 0 aliphatic carbocycles. The first-order chi connectivity index (χ1) is 7.13. The number of carbonyl (C=O) groups is 1. The molecule has 1 rings (SSSR count). The smallest absolute Gasteiger partial charge is 0.252 e. The van der Waals surface area contributed by atoms with Crippen molar-refractivity contribution in [2.24, 2.45) is 5.92 Å². The number of hydrogen-bond donors (Lipinski definition) is 1. The lowest BCUT2D eigenvalue weighted by atomic mass is 10.2. The summed E-state index contributed by atoms with van der Waals surface area (Å²) in [5.41, 5.74) is 0.552. The van der Waals surface area contributed by atoms with E-state index in [1.54, 1.807) is 19.2 Å². The van der Waals surface area contributed by atoms with Crippen molar-refractivity contribution in [2.45, 2.75) is 13.8 Å². The maximum Gasteiger partial charge on any atom is 0.252 e. The number of nitrogens with one attached hydrogen (secondary N) is 1. The molecule has 1 amide bonds. The minimum Gasteiger partial charge on any atom is -0.481 e. The maximum atomic E-state index is 11.6. The van der Waals surface area contributed by atoms with E-state index >= 15 is 0 Å². The Morgan fingerprint density at radius 1 is 1.53 bits per heavy atom. The van der Waals surface area contributed by atoms with Gasteiger partial charge < -0.3 is 10.1 Å². The van der Waals surface area contributed by atoms with Gasteiger partial charge in [-0.2, -0.15) is 0 Å². The summed E-state index contributed by atoms with van der Waals surface area (Å²) in [6, 6.07) is 3.37. The van der Waals surface area contributed by atoms with Crippen LogP contribution in [0.4, 0.5) is 0 Å². The van der Waals surface area contributed by atoms with E-state index < -0.39 is 0 Å². The molecule has 4 nitrogen and oxygen atoms in total. The van der Waals surface area contributed by atoms with E-state index in [9.17, 15) is 4.79 Å². The van der Waals surface area contributed by atoms with Crippen molar-refractivity contribution in [3.63, 3.8) is 0 Å². The normalized spacial score (nSPS) is 10.1. The zero-order valence-corrected chi connectivity index (χ0v) is 9.28. The van der Waals surface area contributed by atoms with E-state index in [1.807, 2.05) is 13.8 Å². The largest absolute Gasteiger partial charge is 0.481 e. The Morgan fingerprint density at radius 2 is 2.27 bits per heavy atom. The van der Waals surface area contributed by atoms with Gasteiger partial charge in [-0.25, -0.2) is 4.98 Å². The van der Waals surface area contributed by atoms with Gasteiger partial charge >= 0.3 is 0 Å². The van der Waals surface area contributed by atoms with Crippen molar-refractivity contribution in [3.8, 4) is 5.88 Å². The Balaban J connectivity index is 2.58. The Hall–Kier alpha value is -1.58. The molecule has 4 heteroatoms. The summed E-state index contributed by atoms with van der Waals surface area (Å²) in [5.74, 6) is 0.856. The Morgan fingerprint density at radius 3 is 2.73 bits per heavy atom. The van der Waals surface area contributed by atoms with Crippen LogP contribution in [0.1, 0.15) is 24.2 Å². The fraction of sp³-hybridized carbons (Fsp3) is 0.455. The lowest BCUT2D eigenvalue weighted by Gasteiger charge is -2.07. The van der Waals surface area contributed by atoms with E-state index in [-0.39, 0.29) is 5.91 Å². The van der Waals surface area contributed by atoms with Gasteiger partial charge in [-0.05, 0) is 12.0 Å². The number of methoxy groups -OCH3 is 1. The van der Waals surface area contributed by atoms with Crippen LogP contribution in [0.15, 0.2) is 18.3 Å². The summed E-state index contributed by atoms with van der Waals surface area (Å²) in [6.07, 6.45) is 1.51. The number of nitrogens with zero attached hydrogens (tertiary/aromatic N) is 1. The first kappa shape index (κ1) is 11.5. The molecule has 0 spiro atoms. The van der Waals surface area contributed by atoms with Crippen LogP contribution >= 0.6 is 0 Å². The van der Waals surface area contributed by atoms with E-state index in [4.69, 9.17) is 4.74 Å². The van der Waals surface area contributed by atoms with Gasteiger partial charge in [-0.15, -0.1) is 0 Å². The molecule has 1 aromatic rings. The molecule has 0 atom stereocenters. The molecule has 0 aliphatic heterocycles. The van der Waals surface area contributed by atoms with Gasteiger partial charge in [0.1, 0.15) is 0 Å². The highest BCUT2D eigenvalue weighted by Gasteiger charge is 2.06. The van der Waals surface area contributed by atoms with Gasteiger partial charge in [-0.3, -0.25) is 4.79 Å². The van der Waals surface area contributed by atoms with Gasteiger partial charge in [0.2, 0.25) is 5.88 Å². The highest BCUT2D eigenvalue weighted by atomic mass is 16.5. The standard InChI is InChI=1S/C11H16N2O2/c1-8(2)6-13-11(14)9-4-5-10(15-3)12-7-9/h4-5,7-8H,6H2,1-3H3,(H,13,14). The summed E-state index contributed by atoms with van der Waals surface area (Å²) in [4.78, 5) is 15.5. The molecule has 0 aliphatic rings. The Kier molecular flexibility index (Phi) is 4.09. The van der Waals surface area contributed by atoms with Gasteiger partial charge in [0.05, 0.1) is 12.7 Å². The molecule has 0 aromatic carbocycles. The van der Waals surface area contributed by atoms with E-state index in [1.165, 1.54) is 6.20 Å². The van der Waals surface area contributed by atoms with Gasteiger partial charge in [0, 0.05) is 18.8 Å². The van der Waals surface area contributed by atoms with Crippen LogP contribution in [0.5, 0.6) is 5.88 Å². The molecule has 0 radical (unpaired) electrons. The number of amides is 1. The quantitative estimate of drug-likeness (QED) is 0.815. The summed E-state index contributed by atoms with van der Waals surface area (Å²) >= 11 is 0. The summed E-state index contributed by atoms with van der Waals surface area (Å²) in [7, 11) is 1.54. The van der Waals surface area contributed by atoms with E-state index in [0.717, 1.165) is 0 Å². The molecule has 0 saturated carbocycles. The van der Waals surface area contributed by atoms with Gasteiger partial charge in [-0.1, -0.05) is 13.8 Å². The zero-order chi connectivity index (χ0) is 11.3. The average Bonchev–Trinajstić information content (AvgIpc) is 2.26. The van der Waals surface area contributed by atoms with Crippen LogP contribution in [-0.2, 0) is 0 Å². The molecule has 0 bridgehead atoms. The maximum absolute atomic E-state index is 11.6. The fourth-order valence-corrected chi connectivity index (χ4v) is 1.03. The number of carbonyl (C=O) groups excluding carboxylic acids is 1. The number of rotatable bonds is 4. The first-order valence-corrected chi connectivity index (χ1v) is 4.91. The number of hydrogen-bond acceptors (Lipinski definition) is 3. The lowest BCUT2D eigenvalue weighted by Crippen LogP contribution is -2.27. The SMILES string of the molecule is COc1ccc(C(=O)NCC(C)C)cn1. The van der Waals surface area contributed by atoms with Crippen molar-refractivity contribution in [2.75, 3.05) is 13.7 Å². The van der Waals surface area contributed by atoms with Gasteiger partial charge in [0.15, 0.2) is 0 Å². The predicted molar refractivity (Wildman–Crippen MR) is 58.0 cm³/mol. The minimum absolute atomic E-state index is 0.0983. The highest BCUT2D eigenvalue weighted by molar-refractivity contribution is 5.93. The third kappa shape index (κ3) is 3.58. The number of aromatic nitrogens is 1. The molecule has 15 heavy (non-hydrogen) atoms. The molecular weight excluding hydrogens is 192 g/mol.